The Morgan fingerprint density at radius 2 is 2.56 bits per heavy atom. The van der Waals surface area contributed by atoms with Crippen LogP contribution in [-0.4, -0.2) is 34.4 Å². The maximum absolute atomic E-state index is 10.2. The Hall–Kier alpha value is -0.710. The van der Waals surface area contributed by atoms with Gasteiger partial charge in [-0.25, -0.2) is 4.79 Å². The third-order valence-corrected chi connectivity index (χ3v) is 1.43. The number of nitrogens with zero attached hydrogens (tertiary/aromatic N) is 2. The molecule has 1 aliphatic rings. The molecule has 0 aromatic carbocycles. The first kappa shape index (κ1) is 6.41. The van der Waals surface area contributed by atoms with Gasteiger partial charge >= 0.3 is 6.09 Å². The molecule has 4 nitrogen and oxygen atoms in total. The van der Waals surface area contributed by atoms with Crippen molar-refractivity contribution in [3.63, 3.8) is 0 Å². The van der Waals surface area contributed by atoms with E-state index in [1.54, 1.807) is 0 Å². The van der Waals surface area contributed by atoms with E-state index in [0.717, 1.165) is 4.90 Å². The van der Waals surface area contributed by atoms with Crippen molar-refractivity contribution in [2.45, 2.75) is 0 Å². The largest absolute Gasteiger partial charge is 0.465 e. The molecule has 1 N–H and O–H groups in total. The van der Waals surface area contributed by atoms with Crippen LogP contribution in [0, 0.1) is 0 Å². The van der Waals surface area contributed by atoms with Crippen molar-refractivity contribution in [2.24, 2.45) is 4.99 Å². The summed E-state index contributed by atoms with van der Waals surface area (Å²) in [6.07, 6.45) is -0.985. The van der Waals surface area contributed by atoms with Gasteiger partial charge in [-0.3, -0.25) is 9.89 Å². The van der Waals surface area contributed by atoms with E-state index in [9.17, 15) is 4.79 Å². The number of aliphatic imine (C=N–C) groups is 1. The maximum atomic E-state index is 10.2. The summed E-state index contributed by atoms with van der Waals surface area (Å²) in [6.45, 7) is 0.972. The first-order valence-electron chi connectivity index (χ1n) is 2.45. The average molecular weight is 146 g/mol. The van der Waals surface area contributed by atoms with E-state index in [1.807, 2.05) is 0 Å². The molecule has 0 saturated carbocycles. The first-order valence-corrected chi connectivity index (χ1v) is 2.90. The van der Waals surface area contributed by atoms with Crippen LogP contribution in [0.15, 0.2) is 4.99 Å². The van der Waals surface area contributed by atoms with Crippen LogP contribution in [-0.2, 0) is 0 Å². The Kier molecular flexibility index (Phi) is 1.61. The monoisotopic (exact) mass is 146 g/mol. The zero-order valence-corrected chi connectivity index (χ0v) is 5.51. The molecule has 0 unspecified atom stereocenters. The predicted octanol–water partition coefficient (Wildman–Crippen LogP) is 0.266. The van der Waals surface area contributed by atoms with Crippen LogP contribution in [0.5, 0.6) is 0 Å². The van der Waals surface area contributed by atoms with Crippen molar-refractivity contribution in [1.29, 1.82) is 0 Å². The normalized spacial score (nSPS) is 17.9. The second-order valence-corrected chi connectivity index (χ2v) is 2.02. The molecule has 5 heteroatoms. The lowest BCUT2D eigenvalue weighted by Gasteiger charge is -2.08. The van der Waals surface area contributed by atoms with Crippen LogP contribution < -0.4 is 0 Å². The van der Waals surface area contributed by atoms with E-state index in [1.165, 1.54) is 0 Å². The fourth-order valence-electron chi connectivity index (χ4n) is 0.617. The van der Waals surface area contributed by atoms with Gasteiger partial charge in [-0.05, 0) is 0 Å². The van der Waals surface area contributed by atoms with Gasteiger partial charge < -0.3 is 5.11 Å². The highest BCUT2D eigenvalue weighted by molar-refractivity contribution is 7.96. The van der Waals surface area contributed by atoms with E-state index in [-0.39, 0.29) is 0 Å². The van der Waals surface area contributed by atoms with Gasteiger partial charge in [-0.1, -0.05) is 0 Å². The summed E-state index contributed by atoms with van der Waals surface area (Å²) in [5, 5.41) is 8.67. The highest BCUT2D eigenvalue weighted by Crippen LogP contribution is 2.03. The lowest BCUT2D eigenvalue weighted by atomic mass is 10.6. The van der Waals surface area contributed by atoms with Crippen molar-refractivity contribution >= 4 is 23.9 Å². The number of amides is 1. The number of amidine groups is 1. The summed E-state index contributed by atoms with van der Waals surface area (Å²) in [7, 11) is 0. The molecule has 1 aliphatic heterocycles. The van der Waals surface area contributed by atoms with Gasteiger partial charge in [-0.2, -0.15) is 0 Å². The van der Waals surface area contributed by atoms with Gasteiger partial charge in [0.2, 0.25) is 0 Å². The zero-order chi connectivity index (χ0) is 6.85. The molecule has 1 amide bonds. The van der Waals surface area contributed by atoms with Gasteiger partial charge in [0.15, 0.2) is 5.17 Å². The summed E-state index contributed by atoms with van der Waals surface area (Å²) in [4.78, 5) is 15.1. The Balaban J connectivity index is 2.63. The third kappa shape index (κ3) is 1.16. The van der Waals surface area contributed by atoms with Crippen LogP contribution in [0.1, 0.15) is 0 Å². The second-order valence-electron chi connectivity index (χ2n) is 1.62. The number of hydrogen-bond acceptors (Lipinski definition) is 2. The van der Waals surface area contributed by atoms with E-state index in [4.69, 9.17) is 5.11 Å². The molecule has 0 fully saturated rings. The number of carboxylic acid groups (broad SMARTS) is 1. The Labute approximate surface area is 57.6 Å². The van der Waals surface area contributed by atoms with Gasteiger partial charge in [0, 0.05) is 0 Å². The molecular weight excluding hydrogens is 140 g/mol. The molecule has 0 aromatic heterocycles. The minimum absolute atomic E-state index is 0.294. The fraction of sp³-hybridized carbons (Fsp3) is 0.500. The SMILES string of the molecule is O=C(O)N1CCN=C1S. The molecule has 0 atom stereocenters. The van der Waals surface area contributed by atoms with Gasteiger partial charge in [0.1, 0.15) is 0 Å². The smallest absolute Gasteiger partial charge is 0.413 e. The zero-order valence-electron chi connectivity index (χ0n) is 4.61. The highest BCUT2D eigenvalue weighted by atomic mass is 32.1. The fourth-order valence-corrected chi connectivity index (χ4v) is 0.902. The number of rotatable bonds is 0. The minimum Gasteiger partial charge on any atom is -0.465 e. The van der Waals surface area contributed by atoms with E-state index in [2.05, 4.69) is 17.6 Å². The summed E-state index contributed by atoms with van der Waals surface area (Å²) in [5.74, 6) is 0. The van der Waals surface area contributed by atoms with E-state index >= 15 is 0 Å². The molecule has 50 valence electrons. The second kappa shape index (κ2) is 2.26. The summed E-state index contributed by atoms with van der Waals surface area (Å²) in [5.41, 5.74) is 0. The number of thiol groups is 1. The molecule has 1 heterocycles. The van der Waals surface area contributed by atoms with Crippen molar-refractivity contribution < 1.29 is 9.90 Å². The van der Waals surface area contributed by atoms with Crippen molar-refractivity contribution in [3.8, 4) is 0 Å². The molecule has 0 aliphatic carbocycles. The quantitative estimate of drug-likeness (QED) is 0.482. The molecule has 1 rings (SSSR count). The number of carbonyl (C=O) groups is 1. The predicted molar refractivity (Wildman–Crippen MR) is 36.0 cm³/mol. The van der Waals surface area contributed by atoms with E-state index in [0.29, 0.717) is 18.3 Å². The van der Waals surface area contributed by atoms with Crippen LogP contribution in [0.3, 0.4) is 0 Å². The molecule has 9 heavy (non-hydrogen) atoms. The lowest BCUT2D eigenvalue weighted by Crippen LogP contribution is -2.29. The van der Waals surface area contributed by atoms with Crippen LogP contribution in [0.4, 0.5) is 4.79 Å². The summed E-state index contributed by atoms with van der Waals surface area (Å²) in [6, 6.07) is 0. The Morgan fingerprint density at radius 1 is 1.89 bits per heavy atom. The Morgan fingerprint density at radius 3 is 2.78 bits per heavy atom. The standard InChI is InChI=1S/C4H6N2O2S/c7-4(8)6-2-1-5-3(6)9/h1-2H2,(H,5,9)(H,7,8). The lowest BCUT2D eigenvalue weighted by molar-refractivity contribution is 0.173. The summed E-state index contributed by atoms with van der Waals surface area (Å²) < 4.78 is 0. The third-order valence-electron chi connectivity index (χ3n) is 1.05. The van der Waals surface area contributed by atoms with Gasteiger partial charge in [0.05, 0.1) is 13.1 Å². The molecule has 0 bridgehead atoms. The molecule has 0 aromatic rings. The maximum Gasteiger partial charge on any atom is 0.413 e. The van der Waals surface area contributed by atoms with Crippen molar-refractivity contribution in [1.82, 2.24) is 4.90 Å². The first-order chi connectivity index (χ1) is 4.22. The van der Waals surface area contributed by atoms with E-state index < -0.39 is 6.09 Å². The highest BCUT2D eigenvalue weighted by Gasteiger charge is 2.19. The van der Waals surface area contributed by atoms with Crippen molar-refractivity contribution in [2.75, 3.05) is 13.1 Å². The topological polar surface area (TPSA) is 52.9 Å². The molecule has 0 radical (unpaired) electrons. The van der Waals surface area contributed by atoms with Crippen LogP contribution in [0.25, 0.3) is 0 Å². The number of hydrogen-bond donors (Lipinski definition) is 2. The van der Waals surface area contributed by atoms with Gasteiger partial charge in [0.25, 0.3) is 0 Å². The average Bonchev–Trinajstić information content (AvgIpc) is 2.13. The Bertz CT molecular complexity index is 168. The van der Waals surface area contributed by atoms with Crippen LogP contribution in [0.2, 0.25) is 0 Å². The molecular formula is C4H6N2O2S. The van der Waals surface area contributed by atoms with Crippen molar-refractivity contribution in [3.05, 3.63) is 0 Å². The van der Waals surface area contributed by atoms with Gasteiger partial charge in [-0.15, -0.1) is 12.6 Å². The molecule has 0 spiro atoms. The van der Waals surface area contributed by atoms with Crippen LogP contribution >= 0.6 is 12.6 Å². The molecule has 0 saturated heterocycles. The summed E-state index contributed by atoms with van der Waals surface area (Å²) >= 11 is 3.82. The minimum atomic E-state index is -0.985.